The van der Waals surface area contributed by atoms with Gasteiger partial charge in [0.05, 0.1) is 51.5 Å². The third-order valence-corrected chi connectivity index (χ3v) is 10.5. The molecule has 1 aromatic heterocycles. The predicted molar refractivity (Wildman–Crippen MR) is 204 cm³/mol. The van der Waals surface area contributed by atoms with Gasteiger partial charge >= 0.3 is 0 Å². The van der Waals surface area contributed by atoms with Gasteiger partial charge in [-0.3, -0.25) is 0 Å². The van der Waals surface area contributed by atoms with E-state index in [4.69, 9.17) is 0 Å². The third kappa shape index (κ3) is 4.67. The lowest BCUT2D eigenvalue weighted by Gasteiger charge is -2.39. The molecule has 0 bridgehead atoms. The zero-order valence-electron chi connectivity index (χ0n) is 27.7. The van der Waals surface area contributed by atoms with Crippen molar-refractivity contribution in [2.45, 2.75) is 18.4 Å². The van der Waals surface area contributed by atoms with E-state index in [1.807, 2.05) is 60.7 Å². The topological polar surface area (TPSA) is 79.5 Å². The van der Waals surface area contributed by atoms with Crippen molar-refractivity contribution in [2.75, 3.05) is 4.90 Å². The Morgan fingerprint density at radius 1 is 0.549 bits per heavy atom. The van der Waals surface area contributed by atoms with Gasteiger partial charge in [0.1, 0.15) is 0 Å². The van der Waals surface area contributed by atoms with Crippen molar-refractivity contribution >= 4 is 33.2 Å². The van der Waals surface area contributed by atoms with Gasteiger partial charge in [0.15, 0.2) is 0 Å². The summed E-state index contributed by atoms with van der Waals surface area (Å²) >= 11 is 0. The zero-order chi connectivity index (χ0) is 34.7. The molecule has 0 amide bonds. The molecule has 2 unspecified atom stereocenters. The van der Waals surface area contributed by atoms with Gasteiger partial charge in [0, 0.05) is 33.8 Å². The quantitative estimate of drug-likeness (QED) is 0.190. The van der Waals surface area contributed by atoms with Crippen LogP contribution in [0.5, 0.6) is 0 Å². The zero-order valence-corrected chi connectivity index (χ0v) is 27.7. The first-order valence-electron chi connectivity index (χ1n) is 16.9. The third-order valence-electron chi connectivity index (χ3n) is 10.5. The van der Waals surface area contributed by atoms with Gasteiger partial charge in [-0.25, -0.2) is 0 Å². The van der Waals surface area contributed by atoms with Crippen LogP contribution >= 0.6 is 0 Å². The van der Waals surface area contributed by atoms with E-state index < -0.39 is 0 Å². The number of aromatic nitrogens is 1. The standard InChI is InChI=1S/C46H29N5/c1-46-20-5-4-10-42(46)39-9-2-3-11-45(39)51(46)37-8-6-7-34(24-37)36-23-35(33-16-12-30(27-47)13-17-33)25-38(26-36)50-43-18-14-31(28-48)21-40(43)41-22-32(29-49)15-19-44(41)50/h2-26,42H,1H3. The average Bonchev–Trinajstić information content (AvgIpc) is 3.65. The Hall–Kier alpha value is -7.13. The van der Waals surface area contributed by atoms with E-state index in [0.717, 1.165) is 55.4 Å². The Morgan fingerprint density at radius 3 is 1.86 bits per heavy atom. The maximum absolute atomic E-state index is 9.75. The van der Waals surface area contributed by atoms with Crippen LogP contribution in [-0.4, -0.2) is 10.1 Å². The van der Waals surface area contributed by atoms with E-state index in [-0.39, 0.29) is 11.5 Å². The molecule has 2 heterocycles. The van der Waals surface area contributed by atoms with Gasteiger partial charge < -0.3 is 9.47 Å². The lowest BCUT2D eigenvalue weighted by atomic mass is 9.80. The van der Waals surface area contributed by atoms with Crippen LogP contribution in [0.2, 0.25) is 0 Å². The number of fused-ring (bicyclic) bond motifs is 6. The fourth-order valence-electron chi connectivity index (χ4n) is 8.06. The van der Waals surface area contributed by atoms with Crippen molar-refractivity contribution in [3.63, 3.8) is 0 Å². The van der Waals surface area contributed by atoms with Crippen molar-refractivity contribution in [1.29, 1.82) is 15.8 Å². The molecule has 2 aliphatic rings. The molecular formula is C46H29N5. The number of hydrogen-bond acceptors (Lipinski definition) is 4. The van der Waals surface area contributed by atoms with Crippen LogP contribution in [0, 0.1) is 34.0 Å². The number of benzene rings is 6. The smallest absolute Gasteiger partial charge is 0.0991 e. The molecule has 7 aromatic rings. The molecule has 0 radical (unpaired) electrons. The molecule has 1 aliphatic heterocycles. The van der Waals surface area contributed by atoms with Gasteiger partial charge in [-0.1, -0.05) is 66.8 Å². The number of nitriles is 3. The molecule has 0 N–H and O–H groups in total. The van der Waals surface area contributed by atoms with Crippen LogP contribution < -0.4 is 4.90 Å². The second-order valence-corrected chi connectivity index (χ2v) is 13.4. The number of anilines is 2. The van der Waals surface area contributed by atoms with Gasteiger partial charge in [0.2, 0.25) is 0 Å². The van der Waals surface area contributed by atoms with E-state index in [1.54, 1.807) is 0 Å². The summed E-state index contributed by atoms with van der Waals surface area (Å²) in [6.45, 7) is 2.31. The fourth-order valence-corrected chi connectivity index (χ4v) is 8.06. The first kappa shape index (κ1) is 30.0. The largest absolute Gasteiger partial charge is 0.331 e. The van der Waals surface area contributed by atoms with Crippen LogP contribution in [0.3, 0.4) is 0 Å². The summed E-state index contributed by atoms with van der Waals surface area (Å²) in [6.07, 6.45) is 8.92. The Bertz CT molecular complexity index is 2690. The Balaban J connectivity index is 1.27. The lowest BCUT2D eigenvalue weighted by molar-refractivity contribution is 0.542. The summed E-state index contributed by atoms with van der Waals surface area (Å²) in [5.41, 5.74) is 12.1. The summed E-state index contributed by atoms with van der Waals surface area (Å²) in [5, 5.41) is 30.8. The summed E-state index contributed by atoms with van der Waals surface area (Å²) in [4.78, 5) is 2.47. The lowest BCUT2D eigenvalue weighted by Crippen LogP contribution is -2.41. The predicted octanol–water partition coefficient (Wildman–Crippen LogP) is 10.9. The van der Waals surface area contributed by atoms with E-state index in [9.17, 15) is 15.8 Å². The first-order valence-corrected chi connectivity index (χ1v) is 16.9. The molecule has 0 fully saturated rings. The maximum atomic E-state index is 9.75. The van der Waals surface area contributed by atoms with Gasteiger partial charge in [-0.2, -0.15) is 15.8 Å². The van der Waals surface area contributed by atoms with Crippen molar-refractivity contribution in [3.05, 3.63) is 174 Å². The fraction of sp³-hybridized carbons (Fsp3) is 0.0652. The Kier molecular flexibility index (Phi) is 6.75. The highest BCUT2D eigenvalue weighted by atomic mass is 15.2. The van der Waals surface area contributed by atoms with E-state index in [1.165, 1.54) is 11.3 Å². The first-order chi connectivity index (χ1) is 25.0. The van der Waals surface area contributed by atoms with Crippen molar-refractivity contribution in [3.8, 4) is 46.1 Å². The van der Waals surface area contributed by atoms with Crippen molar-refractivity contribution < 1.29 is 0 Å². The number of rotatable bonds is 4. The van der Waals surface area contributed by atoms with Crippen LogP contribution in [0.15, 0.2) is 152 Å². The van der Waals surface area contributed by atoms with E-state index >= 15 is 0 Å². The molecule has 51 heavy (non-hydrogen) atoms. The van der Waals surface area contributed by atoms with E-state index in [0.29, 0.717) is 16.7 Å². The van der Waals surface area contributed by atoms with Crippen molar-refractivity contribution in [2.24, 2.45) is 0 Å². The summed E-state index contributed by atoms with van der Waals surface area (Å²) < 4.78 is 2.22. The highest BCUT2D eigenvalue weighted by Crippen LogP contribution is 2.54. The van der Waals surface area contributed by atoms with Crippen LogP contribution in [0.1, 0.15) is 35.1 Å². The number of nitrogens with zero attached hydrogens (tertiary/aromatic N) is 5. The molecule has 9 rings (SSSR count). The normalized spacial score (nSPS) is 17.1. The van der Waals surface area contributed by atoms with Crippen LogP contribution in [-0.2, 0) is 0 Å². The SMILES string of the molecule is CC12C=CC=CC1c1ccccc1N2c1cccc(-c2cc(-c3ccc(C#N)cc3)cc(-n3c4ccc(C#N)cc4c4cc(C#N)ccc43)c2)c1. The summed E-state index contributed by atoms with van der Waals surface area (Å²) in [6, 6.07) is 50.0. The summed E-state index contributed by atoms with van der Waals surface area (Å²) in [5.74, 6) is 0.243. The average molecular weight is 652 g/mol. The number of para-hydroxylation sites is 1. The molecule has 1 aliphatic carbocycles. The molecule has 6 aromatic carbocycles. The highest BCUT2D eigenvalue weighted by molar-refractivity contribution is 6.10. The molecule has 5 heteroatoms. The number of allylic oxidation sites excluding steroid dienone is 2. The summed E-state index contributed by atoms with van der Waals surface area (Å²) in [7, 11) is 0. The minimum Gasteiger partial charge on any atom is -0.331 e. The second kappa shape index (κ2) is 11.5. The van der Waals surface area contributed by atoms with Crippen LogP contribution in [0.25, 0.3) is 49.7 Å². The molecule has 238 valence electrons. The van der Waals surface area contributed by atoms with E-state index in [2.05, 4.69) is 126 Å². The molecule has 0 spiro atoms. The Labute approximate surface area is 296 Å². The molecular weight excluding hydrogens is 623 g/mol. The molecule has 2 atom stereocenters. The second-order valence-electron chi connectivity index (χ2n) is 13.4. The van der Waals surface area contributed by atoms with Crippen LogP contribution in [0.4, 0.5) is 11.4 Å². The monoisotopic (exact) mass is 651 g/mol. The van der Waals surface area contributed by atoms with Gasteiger partial charge in [-0.05, 0) is 120 Å². The molecule has 5 nitrogen and oxygen atoms in total. The highest BCUT2D eigenvalue weighted by Gasteiger charge is 2.46. The minimum atomic E-state index is -0.250. The van der Waals surface area contributed by atoms with Gasteiger partial charge in [-0.15, -0.1) is 0 Å². The minimum absolute atomic E-state index is 0.243. The molecule has 0 saturated carbocycles. The molecule has 0 saturated heterocycles. The maximum Gasteiger partial charge on any atom is 0.0991 e. The van der Waals surface area contributed by atoms with Crippen molar-refractivity contribution in [1.82, 2.24) is 4.57 Å². The Morgan fingerprint density at radius 2 is 1.18 bits per heavy atom. The number of hydrogen-bond donors (Lipinski definition) is 0. The van der Waals surface area contributed by atoms with Gasteiger partial charge in [0.25, 0.3) is 0 Å².